The molecule has 0 bridgehead atoms. The lowest BCUT2D eigenvalue weighted by molar-refractivity contribution is 0.0720. The van der Waals surface area contributed by atoms with Gasteiger partial charge in [-0.25, -0.2) is 0 Å². The van der Waals surface area contributed by atoms with Crippen LogP contribution < -0.4 is 0 Å². The summed E-state index contributed by atoms with van der Waals surface area (Å²) < 4.78 is 6.34. The Bertz CT molecular complexity index is 258. The molecule has 0 aliphatic heterocycles. The molecule has 1 fully saturated rings. The van der Waals surface area contributed by atoms with Crippen molar-refractivity contribution in [2.75, 3.05) is 13.2 Å². The first kappa shape index (κ1) is 16.2. The maximum absolute atomic E-state index is 9.49. The minimum absolute atomic E-state index is 0.280. The fourth-order valence-corrected chi connectivity index (χ4v) is 3.60. The highest BCUT2D eigenvalue weighted by Crippen LogP contribution is 2.39. The van der Waals surface area contributed by atoms with Gasteiger partial charge in [-0.05, 0) is 48.7 Å². The summed E-state index contributed by atoms with van der Waals surface area (Å²) in [4.78, 5) is 0. The number of hydrogen-bond donors (Lipinski definition) is 1. The van der Waals surface area contributed by atoms with Gasteiger partial charge in [-0.2, -0.15) is 0 Å². The summed E-state index contributed by atoms with van der Waals surface area (Å²) in [5.41, 5.74) is 0. The summed E-state index contributed by atoms with van der Waals surface area (Å²) in [6.07, 6.45) is 3.66. The Labute approximate surface area is 114 Å². The lowest BCUT2D eigenvalue weighted by Gasteiger charge is -2.40. The first-order valence-corrected chi connectivity index (χ1v) is 10.3. The van der Waals surface area contributed by atoms with Crippen molar-refractivity contribution in [1.29, 1.82) is 0 Å². The normalized spacial score (nSPS) is 30.5. The van der Waals surface area contributed by atoms with Gasteiger partial charge >= 0.3 is 0 Å². The van der Waals surface area contributed by atoms with Crippen LogP contribution in [0.3, 0.4) is 0 Å². The van der Waals surface area contributed by atoms with E-state index in [2.05, 4.69) is 40.8 Å². The van der Waals surface area contributed by atoms with Crippen molar-refractivity contribution in [2.24, 2.45) is 17.8 Å². The molecule has 0 aromatic carbocycles. The second-order valence-corrected chi connectivity index (χ2v) is 12.5. The molecule has 1 rings (SSSR count). The molecule has 3 heteroatoms. The zero-order valence-electron chi connectivity index (χ0n) is 13.1. The Balaban J connectivity index is 2.55. The van der Waals surface area contributed by atoms with E-state index in [4.69, 9.17) is 4.43 Å². The van der Waals surface area contributed by atoms with Gasteiger partial charge in [0, 0.05) is 13.2 Å². The number of aliphatic hydroxyl groups is 1. The van der Waals surface area contributed by atoms with Crippen molar-refractivity contribution < 1.29 is 9.53 Å². The largest absolute Gasteiger partial charge is 0.417 e. The number of aliphatic hydroxyl groups excluding tert-OH is 1. The average molecular weight is 273 g/mol. The van der Waals surface area contributed by atoms with Crippen LogP contribution in [0.1, 0.15) is 47.0 Å². The number of hydrogen-bond acceptors (Lipinski definition) is 2. The van der Waals surface area contributed by atoms with E-state index in [1.807, 2.05) is 0 Å². The molecule has 0 unspecified atom stereocenters. The molecule has 0 aromatic heterocycles. The highest BCUT2D eigenvalue weighted by Gasteiger charge is 2.38. The van der Waals surface area contributed by atoms with Gasteiger partial charge in [0.25, 0.3) is 0 Å². The van der Waals surface area contributed by atoms with Crippen LogP contribution >= 0.6 is 0 Å². The summed E-state index contributed by atoms with van der Waals surface area (Å²) in [5, 5.41) is 9.77. The summed E-state index contributed by atoms with van der Waals surface area (Å²) >= 11 is 0. The van der Waals surface area contributed by atoms with Crippen molar-refractivity contribution in [3.8, 4) is 0 Å². The van der Waals surface area contributed by atoms with E-state index in [1.165, 1.54) is 19.3 Å². The molecule has 1 aliphatic rings. The molecule has 2 nitrogen and oxygen atoms in total. The molecule has 3 atom stereocenters. The van der Waals surface area contributed by atoms with Crippen LogP contribution in [0.25, 0.3) is 0 Å². The Morgan fingerprint density at radius 3 is 2.28 bits per heavy atom. The van der Waals surface area contributed by atoms with Crippen molar-refractivity contribution in [2.45, 2.75) is 65.1 Å². The Hall–Kier alpha value is 0.137. The maximum atomic E-state index is 9.49. The molecule has 0 saturated heterocycles. The second-order valence-electron chi connectivity index (χ2n) is 7.69. The fourth-order valence-electron chi connectivity index (χ4n) is 2.54. The third-order valence-electron chi connectivity index (χ3n) is 5.10. The van der Waals surface area contributed by atoms with E-state index >= 15 is 0 Å². The van der Waals surface area contributed by atoms with Crippen LogP contribution in [0.2, 0.25) is 18.1 Å². The summed E-state index contributed by atoms with van der Waals surface area (Å²) in [7, 11) is -1.63. The highest BCUT2D eigenvalue weighted by atomic mass is 28.4. The van der Waals surface area contributed by atoms with E-state index in [9.17, 15) is 5.11 Å². The van der Waals surface area contributed by atoms with Crippen LogP contribution in [-0.4, -0.2) is 26.6 Å². The SMILES string of the molecule is C[C@@H]1CC[C@@H](CO)[C@H](CO[Si](C)(C)C(C)(C)C)C1. The molecule has 1 aliphatic carbocycles. The molecule has 0 radical (unpaired) electrons. The van der Waals surface area contributed by atoms with Crippen LogP contribution in [0.4, 0.5) is 0 Å². The van der Waals surface area contributed by atoms with Gasteiger partial charge in [0.2, 0.25) is 0 Å². The molecule has 108 valence electrons. The van der Waals surface area contributed by atoms with Gasteiger partial charge in [-0.1, -0.05) is 34.1 Å². The van der Waals surface area contributed by atoms with Crippen LogP contribution in [0.5, 0.6) is 0 Å². The molecule has 0 heterocycles. The van der Waals surface area contributed by atoms with E-state index in [1.54, 1.807) is 0 Å². The first-order chi connectivity index (χ1) is 8.17. The quantitative estimate of drug-likeness (QED) is 0.782. The Morgan fingerprint density at radius 1 is 1.17 bits per heavy atom. The molecule has 0 amide bonds. The monoisotopic (exact) mass is 272 g/mol. The van der Waals surface area contributed by atoms with Gasteiger partial charge in [-0.15, -0.1) is 0 Å². The van der Waals surface area contributed by atoms with Crippen LogP contribution in [0, 0.1) is 17.8 Å². The third-order valence-corrected chi connectivity index (χ3v) is 9.60. The van der Waals surface area contributed by atoms with Crippen molar-refractivity contribution in [3.05, 3.63) is 0 Å². The predicted octanol–water partition coefficient (Wildman–Crippen LogP) is 4.05. The Morgan fingerprint density at radius 2 is 1.78 bits per heavy atom. The van der Waals surface area contributed by atoms with E-state index in [0.717, 1.165) is 12.5 Å². The van der Waals surface area contributed by atoms with Crippen molar-refractivity contribution >= 4 is 8.32 Å². The topological polar surface area (TPSA) is 29.5 Å². The summed E-state index contributed by atoms with van der Waals surface area (Å²) in [6.45, 7) is 15.0. The highest BCUT2D eigenvalue weighted by molar-refractivity contribution is 6.74. The number of rotatable bonds is 4. The van der Waals surface area contributed by atoms with Gasteiger partial charge in [0.05, 0.1) is 0 Å². The first-order valence-electron chi connectivity index (χ1n) is 7.42. The smallest absolute Gasteiger partial charge is 0.191 e. The maximum Gasteiger partial charge on any atom is 0.191 e. The minimum Gasteiger partial charge on any atom is -0.417 e. The minimum atomic E-state index is -1.63. The Kier molecular flexibility index (Phi) is 5.45. The molecule has 0 aromatic rings. The van der Waals surface area contributed by atoms with Gasteiger partial charge in [0.15, 0.2) is 8.32 Å². The standard InChI is InChI=1S/C15H32O2Si/c1-12-7-8-13(10-16)14(9-12)11-17-18(5,6)15(2,3)4/h12-14,16H,7-11H2,1-6H3/t12-,13+,14+/m1/s1. The predicted molar refractivity (Wildman–Crippen MR) is 80.2 cm³/mol. The van der Waals surface area contributed by atoms with Crippen LogP contribution in [0.15, 0.2) is 0 Å². The van der Waals surface area contributed by atoms with Gasteiger partial charge < -0.3 is 9.53 Å². The summed E-state index contributed by atoms with van der Waals surface area (Å²) in [6, 6.07) is 0. The van der Waals surface area contributed by atoms with Gasteiger partial charge in [-0.3, -0.25) is 0 Å². The molecule has 0 spiro atoms. The zero-order chi connectivity index (χ0) is 14.0. The molecular weight excluding hydrogens is 240 g/mol. The average Bonchev–Trinajstić information content (AvgIpc) is 2.25. The van der Waals surface area contributed by atoms with Crippen molar-refractivity contribution in [1.82, 2.24) is 0 Å². The lowest BCUT2D eigenvalue weighted by Crippen LogP contribution is -2.43. The fraction of sp³-hybridized carbons (Fsp3) is 1.00. The second kappa shape index (κ2) is 6.06. The third kappa shape index (κ3) is 4.07. The van der Waals surface area contributed by atoms with E-state index in [0.29, 0.717) is 18.4 Å². The van der Waals surface area contributed by atoms with Gasteiger partial charge in [0.1, 0.15) is 0 Å². The molecule has 1 N–H and O–H groups in total. The van der Waals surface area contributed by atoms with Crippen LogP contribution in [-0.2, 0) is 4.43 Å². The lowest BCUT2D eigenvalue weighted by atomic mass is 9.75. The molecule has 18 heavy (non-hydrogen) atoms. The van der Waals surface area contributed by atoms with Crippen molar-refractivity contribution in [3.63, 3.8) is 0 Å². The van der Waals surface area contributed by atoms with E-state index < -0.39 is 8.32 Å². The van der Waals surface area contributed by atoms with E-state index in [-0.39, 0.29) is 5.04 Å². The summed E-state index contributed by atoms with van der Waals surface area (Å²) in [5.74, 6) is 1.82. The molecular formula is C15H32O2Si. The zero-order valence-corrected chi connectivity index (χ0v) is 14.1. The molecule has 1 saturated carbocycles.